The van der Waals surface area contributed by atoms with Crippen molar-refractivity contribution in [3.05, 3.63) is 64.6 Å². The molecule has 11 heteroatoms. The molecule has 2 amide bonds. The van der Waals surface area contributed by atoms with Crippen LogP contribution < -0.4 is 9.47 Å². The van der Waals surface area contributed by atoms with Gasteiger partial charge in [-0.15, -0.1) is 0 Å². The molecular formula is C27H30N2O6S3. The van der Waals surface area contributed by atoms with Gasteiger partial charge in [-0.25, -0.2) is 8.42 Å². The molecule has 0 N–H and O–H groups in total. The van der Waals surface area contributed by atoms with E-state index in [1.54, 1.807) is 18.1 Å². The summed E-state index contributed by atoms with van der Waals surface area (Å²) in [7, 11) is -1.60. The Kier molecular flexibility index (Phi) is 9.11. The smallest absolute Gasteiger partial charge is 0.266 e. The molecule has 2 aliphatic heterocycles. The van der Waals surface area contributed by atoms with Crippen molar-refractivity contribution in [3.8, 4) is 11.5 Å². The second-order valence-electron chi connectivity index (χ2n) is 9.01. The van der Waals surface area contributed by atoms with Gasteiger partial charge < -0.3 is 14.4 Å². The standard InChI is InChI=1S/C27H30N2O6S3/c1-3-35-23-10-6-20(7-11-23)17-29(21-13-15-38(32,33)18-21)25(30)12-14-28-26(31)24(37-27(28)36)16-19-4-8-22(34-2)9-5-19/h4-11,16,21H,3,12-15,17-18H2,1-2H3/b24-16-/t21-/m0/s1. The Balaban J connectivity index is 1.44. The minimum Gasteiger partial charge on any atom is -0.497 e. The molecule has 2 aromatic rings. The minimum atomic E-state index is -3.19. The Hall–Kier alpha value is -2.89. The van der Waals surface area contributed by atoms with Crippen molar-refractivity contribution in [1.29, 1.82) is 0 Å². The number of carbonyl (C=O) groups excluding carboxylic acids is 2. The van der Waals surface area contributed by atoms with Gasteiger partial charge in [0.2, 0.25) is 5.91 Å². The molecule has 0 radical (unpaired) electrons. The summed E-state index contributed by atoms with van der Waals surface area (Å²) >= 11 is 6.64. The van der Waals surface area contributed by atoms with Crippen molar-refractivity contribution < 1.29 is 27.5 Å². The van der Waals surface area contributed by atoms with Crippen molar-refractivity contribution in [3.63, 3.8) is 0 Å². The number of thioether (sulfide) groups is 1. The van der Waals surface area contributed by atoms with Crippen molar-refractivity contribution in [2.75, 3.05) is 31.8 Å². The van der Waals surface area contributed by atoms with E-state index in [2.05, 4.69) is 0 Å². The van der Waals surface area contributed by atoms with Crippen LogP contribution in [0.2, 0.25) is 0 Å². The molecule has 202 valence electrons. The van der Waals surface area contributed by atoms with E-state index in [1.165, 1.54) is 16.7 Å². The van der Waals surface area contributed by atoms with E-state index < -0.39 is 15.9 Å². The van der Waals surface area contributed by atoms with Crippen LogP contribution in [-0.4, -0.2) is 72.2 Å². The lowest BCUT2D eigenvalue weighted by Gasteiger charge is -2.29. The Labute approximate surface area is 232 Å². The van der Waals surface area contributed by atoms with Crippen molar-refractivity contribution >= 4 is 56.0 Å². The SMILES string of the molecule is CCOc1ccc(CN(C(=O)CCN2C(=O)/C(=C/c3ccc(OC)cc3)SC2=S)[C@H]2CCS(=O)(=O)C2)cc1. The van der Waals surface area contributed by atoms with Crippen LogP contribution >= 0.6 is 24.0 Å². The van der Waals surface area contributed by atoms with Crippen LogP contribution in [0.3, 0.4) is 0 Å². The first-order valence-electron chi connectivity index (χ1n) is 12.3. The lowest BCUT2D eigenvalue weighted by Crippen LogP contribution is -2.42. The van der Waals surface area contributed by atoms with Gasteiger partial charge in [0, 0.05) is 25.6 Å². The number of carbonyl (C=O) groups is 2. The van der Waals surface area contributed by atoms with Crippen molar-refractivity contribution in [2.45, 2.75) is 32.4 Å². The van der Waals surface area contributed by atoms with E-state index >= 15 is 0 Å². The molecule has 2 heterocycles. The summed E-state index contributed by atoms with van der Waals surface area (Å²) in [5, 5.41) is 0. The highest BCUT2D eigenvalue weighted by molar-refractivity contribution is 8.26. The summed E-state index contributed by atoms with van der Waals surface area (Å²) in [6, 6.07) is 14.3. The number of methoxy groups -OCH3 is 1. The molecule has 0 spiro atoms. The van der Waals surface area contributed by atoms with Gasteiger partial charge in [0.1, 0.15) is 15.8 Å². The second-order valence-corrected chi connectivity index (χ2v) is 12.9. The number of ether oxygens (including phenoxy) is 2. The molecule has 2 aromatic carbocycles. The molecule has 2 saturated heterocycles. The number of rotatable bonds is 10. The molecule has 8 nitrogen and oxygen atoms in total. The van der Waals surface area contributed by atoms with Crippen LogP contribution in [0.25, 0.3) is 6.08 Å². The zero-order chi connectivity index (χ0) is 27.3. The van der Waals surface area contributed by atoms with Crippen molar-refractivity contribution in [2.24, 2.45) is 0 Å². The fourth-order valence-electron chi connectivity index (χ4n) is 4.39. The van der Waals surface area contributed by atoms with Crippen LogP contribution in [-0.2, 0) is 26.0 Å². The Morgan fingerprint density at radius 2 is 1.84 bits per heavy atom. The van der Waals surface area contributed by atoms with E-state index in [0.29, 0.717) is 22.3 Å². The van der Waals surface area contributed by atoms with E-state index in [4.69, 9.17) is 21.7 Å². The number of hydrogen-bond acceptors (Lipinski definition) is 8. The quantitative estimate of drug-likeness (QED) is 0.312. The molecule has 2 aliphatic rings. The van der Waals surface area contributed by atoms with Gasteiger partial charge >= 0.3 is 0 Å². The Morgan fingerprint density at radius 1 is 1.16 bits per heavy atom. The third kappa shape index (κ3) is 6.95. The number of thiocarbonyl (C=S) groups is 1. The van der Waals surface area contributed by atoms with Gasteiger partial charge in [0.05, 0.1) is 30.1 Å². The highest BCUT2D eigenvalue weighted by Gasteiger charge is 2.36. The Morgan fingerprint density at radius 3 is 2.45 bits per heavy atom. The van der Waals surface area contributed by atoms with Crippen LogP contribution in [0.15, 0.2) is 53.4 Å². The number of benzene rings is 2. The first-order valence-corrected chi connectivity index (χ1v) is 15.3. The topological polar surface area (TPSA) is 93.2 Å². The van der Waals surface area contributed by atoms with Crippen LogP contribution in [0, 0.1) is 0 Å². The molecule has 0 aliphatic carbocycles. The monoisotopic (exact) mass is 574 g/mol. The van der Waals surface area contributed by atoms with E-state index in [0.717, 1.165) is 22.6 Å². The summed E-state index contributed by atoms with van der Waals surface area (Å²) in [5.74, 6) is 1.00. The lowest BCUT2D eigenvalue weighted by molar-refractivity contribution is -0.134. The van der Waals surface area contributed by atoms with Gasteiger partial charge in [-0.2, -0.15) is 0 Å². The van der Waals surface area contributed by atoms with E-state index in [9.17, 15) is 18.0 Å². The van der Waals surface area contributed by atoms with Gasteiger partial charge in [-0.1, -0.05) is 48.2 Å². The molecule has 4 rings (SSSR count). The number of sulfone groups is 1. The zero-order valence-corrected chi connectivity index (χ0v) is 23.7. The fraction of sp³-hybridized carbons (Fsp3) is 0.370. The van der Waals surface area contributed by atoms with Gasteiger partial charge in [-0.05, 0) is 54.8 Å². The second kappa shape index (κ2) is 12.3. The largest absolute Gasteiger partial charge is 0.497 e. The zero-order valence-electron chi connectivity index (χ0n) is 21.3. The highest BCUT2D eigenvalue weighted by Crippen LogP contribution is 2.33. The summed E-state index contributed by atoms with van der Waals surface area (Å²) in [6.07, 6.45) is 2.20. The summed E-state index contributed by atoms with van der Waals surface area (Å²) in [6.45, 7) is 2.86. The summed E-state index contributed by atoms with van der Waals surface area (Å²) in [5.41, 5.74) is 1.71. The summed E-state index contributed by atoms with van der Waals surface area (Å²) in [4.78, 5) is 30.0. The predicted molar refractivity (Wildman–Crippen MR) is 153 cm³/mol. The molecule has 38 heavy (non-hydrogen) atoms. The van der Waals surface area contributed by atoms with Crippen molar-refractivity contribution in [1.82, 2.24) is 9.80 Å². The van der Waals surface area contributed by atoms with Gasteiger partial charge in [0.25, 0.3) is 5.91 Å². The third-order valence-corrected chi connectivity index (χ3v) is 9.52. The average molecular weight is 575 g/mol. The highest BCUT2D eigenvalue weighted by atomic mass is 32.2. The number of hydrogen-bond donors (Lipinski definition) is 0. The van der Waals surface area contributed by atoms with Gasteiger partial charge in [0.15, 0.2) is 9.84 Å². The molecular weight excluding hydrogens is 545 g/mol. The lowest BCUT2D eigenvalue weighted by atomic mass is 10.1. The minimum absolute atomic E-state index is 0.0375. The summed E-state index contributed by atoms with van der Waals surface area (Å²) < 4.78 is 35.4. The normalized spacial score (nSPS) is 19.7. The molecule has 0 aromatic heterocycles. The Bertz CT molecular complexity index is 1320. The first-order chi connectivity index (χ1) is 18.2. The van der Waals surface area contributed by atoms with E-state index in [1.807, 2.05) is 55.5 Å². The fourth-order valence-corrected chi connectivity index (χ4v) is 7.43. The maximum Gasteiger partial charge on any atom is 0.266 e. The first kappa shape index (κ1) is 28.1. The van der Waals surface area contributed by atoms with Crippen LogP contribution in [0.5, 0.6) is 11.5 Å². The third-order valence-electron chi connectivity index (χ3n) is 6.39. The average Bonchev–Trinajstić information content (AvgIpc) is 3.39. The maximum absolute atomic E-state index is 13.4. The van der Waals surface area contributed by atoms with E-state index in [-0.39, 0.29) is 42.8 Å². The predicted octanol–water partition coefficient (Wildman–Crippen LogP) is 3.90. The van der Waals surface area contributed by atoms with Crippen LogP contribution in [0.4, 0.5) is 0 Å². The number of nitrogens with zero attached hydrogens (tertiary/aromatic N) is 2. The molecule has 0 unspecified atom stereocenters. The molecule has 2 fully saturated rings. The van der Waals surface area contributed by atoms with Gasteiger partial charge in [-0.3, -0.25) is 14.5 Å². The molecule has 0 saturated carbocycles. The maximum atomic E-state index is 13.4. The van der Waals surface area contributed by atoms with Crippen LogP contribution in [0.1, 0.15) is 30.9 Å². The molecule has 0 bridgehead atoms. The molecule has 1 atom stereocenters. The number of amides is 2.